The summed E-state index contributed by atoms with van der Waals surface area (Å²) >= 11 is 7.65. The molecule has 3 rings (SSSR count). The van der Waals surface area contributed by atoms with Crippen LogP contribution in [0.4, 0.5) is 5.13 Å². The molecule has 2 nitrogen and oxygen atoms in total. The third-order valence-corrected chi connectivity index (χ3v) is 4.71. The lowest BCUT2D eigenvalue weighted by Gasteiger charge is -2.10. The number of para-hydroxylation sites is 1. The van der Waals surface area contributed by atoms with Crippen LogP contribution in [0.3, 0.4) is 0 Å². The molecule has 0 atom stereocenters. The Hall–Kier alpha value is -0.800. The van der Waals surface area contributed by atoms with Gasteiger partial charge in [-0.05, 0) is 25.0 Å². The number of alkyl halides is 1. The van der Waals surface area contributed by atoms with Gasteiger partial charge in [-0.3, -0.25) is 0 Å². The molecule has 0 aliphatic heterocycles. The Morgan fingerprint density at radius 3 is 2.88 bits per heavy atom. The number of nitrogens with one attached hydrogen (secondary N) is 1. The normalized spacial score (nSPS) is 17.6. The lowest BCUT2D eigenvalue weighted by molar-refractivity contribution is 0.618. The molecule has 0 radical (unpaired) electrons. The minimum absolute atomic E-state index is 0.347. The molecule has 0 unspecified atom stereocenters. The highest BCUT2D eigenvalue weighted by Gasteiger charge is 2.41. The zero-order chi connectivity index (χ0) is 11.0. The zero-order valence-electron chi connectivity index (χ0n) is 8.87. The summed E-state index contributed by atoms with van der Waals surface area (Å²) in [5, 5.41) is 4.42. The van der Waals surface area contributed by atoms with Crippen LogP contribution >= 0.6 is 22.9 Å². The van der Waals surface area contributed by atoms with Gasteiger partial charge >= 0.3 is 0 Å². The number of benzene rings is 1. The van der Waals surface area contributed by atoms with Gasteiger partial charge in [-0.1, -0.05) is 23.5 Å². The highest BCUT2D eigenvalue weighted by molar-refractivity contribution is 7.22. The van der Waals surface area contributed by atoms with Crippen molar-refractivity contribution in [2.24, 2.45) is 5.41 Å². The maximum absolute atomic E-state index is 5.94. The Balaban J connectivity index is 1.74. The Kier molecular flexibility index (Phi) is 2.52. The third kappa shape index (κ3) is 1.89. The number of thiazole rings is 1. The standard InChI is InChI=1S/C12H13ClN2S/c13-7-12(5-6-12)8-14-11-15-9-3-1-2-4-10(9)16-11/h1-4H,5-8H2,(H,14,15). The van der Waals surface area contributed by atoms with Crippen LogP contribution in [0.2, 0.25) is 0 Å². The smallest absolute Gasteiger partial charge is 0.183 e. The van der Waals surface area contributed by atoms with Crippen molar-refractivity contribution in [1.82, 2.24) is 4.98 Å². The van der Waals surface area contributed by atoms with Crippen LogP contribution in [-0.4, -0.2) is 17.4 Å². The maximum atomic E-state index is 5.94. The second-order valence-corrected chi connectivity index (χ2v) is 5.77. The van der Waals surface area contributed by atoms with Gasteiger partial charge in [0, 0.05) is 17.8 Å². The maximum Gasteiger partial charge on any atom is 0.183 e. The van der Waals surface area contributed by atoms with Crippen LogP contribution < -0.4 is 5.32 Å². The highest BCUT2D eigenvalue weighted by Crippen LogP contribution is 2.46. The first-order valence-corrected chi connectivity index (χ1v) is 6.82. The fourth-order valence-electron chi connectivity index (χ4n) is 1.75. The van der Waals surface area contributed by atoms with Crippen LogP contribution in [0.25, 0.3) is 10.2 Å². The molecule has 16 heavy (non-hydrogen) atoms. The van der Waals surface area contributed by atoms with Crippen molar-refractivity contribution in [3.8, 4) is 0 Å². The van der Waals surface area contributed by atoms with Crippen molar-refractivity contribution in [2.75, 3.05) is 17.7 Å². The van der Waals surface area contributed by atoms with Crippen molar-refractivity contribution < 1.29 is 0 Å². The van der Waals surface area contributed by atoms with E-state index in [1.165, 1.54) is 17.5 Å². The van der Waals surface area contributed by atoms with Crippen LogP contribution in [0, 0.1) is 5.41 Å². The molecule has 1 N–H and O–H groups in total. The molecule has 1 heterocycles. The van der Waals surface area contributed by atoms with Crippen LogP contribution in [0.15, 0.2) is 24.3 Å². The van der Waals surface area contributed by atoms with Crippen LogP contribution in [-0.2, 0) is 0 Å². The Morgan fingerprint density at radius 2 is 2.19 bits per heavy atom. The summed E-state index contributed by atoms with van der Waals surface area (Å²) in [6, 6.07) is 8.22. The number of hydrogen-bond donors (Lipinski definition) is 1. The van der Waals surface area contributed by atoms with Crippen molar-refractivity contribution >= 4 is 38.3 Å². The van der Waals surface area contributed by atoms with Gasteiger partial charge in [0.15, 0.2) is 5.13 Å². The van der Waals surface area contributed by atoms with E-state index in [1.54, 1.807) is 11.3 Å². The van der Waals surface area contributed by atoms with Crippen molar-refractivity contribution in [1.29, 1.82) is 0 Å². The van der Waals surface area contributed by atoms with Gasteiger partial charge in [-0.2, -0.15) is 0 Å². The number of rotatable bonds is 4. The number of fused-ring (bicyclic) bond motifs is 1. The SMILES string of the molecule is ClCC1(CNc2nc3ccccc3s2)CC1. The average Bonchev–Trinajstić information content (AvgIpc) is 2.98. The second-order valence-electron chi connectivity index (χ2n) is 4.47. The van der Waals surface area contributed by atoms with Gasteiger partial charge in [-0.15, -0.1) is 11.6 Å². The molecule has 1 aliphatic rings. The number of aromatic nitrogens is 1. The van der Waals surface area contributed by atoms with E-state index in [9.17, 15) is 0 Å². The van der Waals surface area contributed by atoms with E-state index in [2.05, 4.69) is 16.4 Å². The van der Waals surface area contributed by atoms with Gasteiger partial charge in [0.1, 0.15) is 0 Å². The molecule has 1 aromatic heterocycles. The van der Waals surface area contributed by atoms with Gasteiger partial charge in [0.05, 0.1) is 10.2 Å². The van der Waals surface area contributed by atoms with E-state index in [4.69, 9.17) is 11.6 Å². The Bertz CT molecular complexity index is 471. The summed E-state index contributed by atoms with van der Waals surface area (Å²) in [4.78, 5) is 4.54. The highest BCUT2D eigenvalue weighted by atomic mass is 35.5. The summed E-state index contributed by atoms with van der Waals surface area (Å²) < 4.78 is 1.24. The monoisotopic (exact) mass is 252 g/mol. The van der Waals surface area contributed by atoms with Gasteiger partial charge < -0.3 is 5.32 Å². The molecule has 1 saturated carbocycles. The molecular weight excluding hydrogens is 240 g/mol. The minimum Gasteiger partial charge on any atom is -0.361 e. The predicted octanol–water partition coefficient (Wildman–Crippen LogP) is 3.73. The van der Waals surface area contributed by atoms with Gasteiger partial charge in [0.2, 0.25) is 0 Å². The summed E-state index contributed by atoms with van der Waals surface area (Å²) in [6.45, 7) is 0.955. The van der Waals surface area contributed by atoms with Gasteiger partial charge in [-0.25, -0.2) is 4.98 Å². The number of nitrogens with zero attached hydrogens (tertiary/aromatic N) is 1. The van der Waals surface area contributed by atoms with Crippen LogP contribution in [0.1, 0.15) is 12.8 Å². The summed E-state index contributed by atoms with van der Waals surface area (Å²) in [5.74, 6) is 0.755. The fourth-order valence-corrected chi connectivity index (χ4v) is 2.97. The first-order chi connectivity index (χ1) is 7.81. The Morgan fingerprint density at radius 1 is 1.38 bits per heavy atom. The van der Waals surface area contributed by atoms with Crippen LogP contribution in [0.5, 0.6) is 0 Å². The zero-order valence-corrected chi connectivity index (χ0v) is 10.4. The molecule has 2 aromatic rings. The largest absolute Gasteiger partial charge is 0.361 e. The van der Waals surface area contributed by atoms with Crippen molar-refractivity contribution in [2.45, 2.75) is 12.8 Å². The number of halogens is 1. The van der Waals surface area contributed by atoms with E-state index in [0.29, 0.717) is 5.41 Å². The van der Waals surface area contributed by atoms with Crippen molar-refractivity contribution in [3.05, 3.63) is 24.3 Å². The number of hydrogen-bond acceptors (Lipinski definition) is 3. The van der Waals surface area contributed by atoms with Crippen molar-refractivity contribution in [3.63, 3.8) is 0 Å². The van der Waals surface area contributed by atoms with E-state index in [0.717, 1.165) is 23.1 Å². The fraction of sp³-hybridized carbons (Fsp3) is 0.417. The molecular formula is C12H13ClN2S. The predicted molar refractivity (Wildman–Crippen MR) is 70.5 cm³/mol. The lowest BCUT2D eigenvalue weighted by atomic mass is 10.1. The summed E-state index contributed by atoms with van der Waals surface area (Å²) in [5.41, 5.74) is 1.42. The molecule has 1 fully saturated rings. The molecule has 4 heteroatoms. The van der Waals surface area contributed by atoms with E-state index < -0.39 is 0 Å². The Labute approximate surface area is 104 Å². The van der Waals surface area contributed by atoms with E-state index in [-0.39, 0.29) is 0 Å². The molecule has 0 amide bonds. The average molecular weight is 253 g/mol. The van der Waals surface area contributed by atoms with E-state index >= 15 is 0 Å². The topological polar surface area (TPSA) is 24.9 Å². The number of anilines is 1. The molecule has 84 valence electrons. The first kappa shape index (κ1) is 10.4. The third-order valence-electron chi connectivity index (χ3n) is 3.15. The summed E-state index contributed by atoms with van der Waals surface area (Å²) in [6.07, 6.45) is 2.49. The second kappa shape index (κ2) is 3.90. The summed E-state index contributed by atoms with van der Waals surface area (Å²) in [7, 11) is 0. The molecule has 0 spiro atoms. The molecule has 0 saturated heterocycles. The lowest BCUT2D eigenvalue weighted by Crippen LogP contribution is -2.16. The molecule has 1 aliphatic carbocycles. The molecule has 0 bridgehead atoms. The quantitative estimate of drug-likeness (QED) is 0.839. The van der Waals surface area contributed by atoms with E-state index in [1.807, 2.05) is 18.2 Å². The molecule has 1 aromatic carbocycles. The van der Waals surface area contributed by atoms with Gasteiger partial charge in [0.25, 0.3) is 0 Å². The minimum atomic E-state index is 0.347. The first-order valence-electron chi connectivity index (χ1n) is 5.47.